The average Bonchev–Trinajstić information content (AvgIpc) is 2.91. The number of thiazole rings is 1. The van der Waals surface area contributed by atoms with Gasteiger partial charge in [0, 0.05) is 28.5 Å². The molecule has 1 amide bonds. The summed E-state index contributed by atoms with van der Waals surface area (Å²) in [6, 6.07) is 11.6. The standard InChI is InChI=1S/C18H17N3OS/c1-12-5-7-15(8-6-12)21-17(22)10-16-13(2)20-18(23-16)14-4-3-9-19-11-14/h3-9,11H,10H2,1-2H3,(H,21,22). The van der Waals surface area contributed by atoms with Crippen LogP contribution in [0.5, 0.6) is 0 Å². The van der Waals surface area contributed by atoms with Gasteiger partial charge in [0.25, 0.3) is 0 Å². The molecule has 5 heteroatoms. The molecule has 0 unspecified atom stereocenters. The summed E-state index contributed by atoms with van der Waals surface area (Å²) in [6.07, 6.45) is 3.85. The van der Waals surface area contributed by atoms with Crippen LogP contribution in [0.25, 0.3) is 10.6 Å². The van der Waals surface area contributed by atoms with Gasteiger partial charge in [-0.05, 0) is 38.1 Å². The summed E-state index contributed by atoms with van der Waals surface area (Å²) in [5.74, 6) is -0.0293. The number of carbonyl (C=O) groups excluding carboxylic acids is 1. The summed E-state index contributed by atoms with van der Waals surface area (Å²) >= 11 is 1.54. The van der Waals surface area contributed by atoms with Crippen molar-refractivity contribution in [1.82, 2.24) is 9.97 Å². The summed E-state index contributed by atoms with van der Waals surface area (Å²) in [7, 11) is 0. The Bertz CT molecular complexity index is 810. The van der Waals surface area contributed by atoms with Gasteiger partial charge in [-0.3, -0.25) is 9.78 Å². The van der Waals surface area contributed by atoms with Crippen molar-refractivity contribution < 1.29 is 4.79 Å². The van der Waals surface area contributed by atoms with E-state index in [0.29, 0.717) is 6.42 Å². The van der Waals surface area contributed by atoms with Crippen LogP contribution in [0.15, 0.2) is 48.8 Å². The lowest BCUT2D eigenvalue weighted by atomic mass is 10.2. The predicted molar refractivity (Wildman–Crippen MR) is 93.6 cm³/mol. The normalized spacial score (nSPS) is 10.5. The number of aryl methyl sites for hydroxylation is 2. The van der Waals surface area contributed by atoms with Crippen LogP contribution in [0, 0.1) is 13.8 Å². The fourth-order valence-corrected chi connectivity index (χ4v) is 3.24. The highest BCUT2D eigenvalue weighted by molar-refractivity contribution is 7.15. The number of benzene rings is 1. The molecule has 4 nitrogen and oxygen atoms in total. The van der Waals surface area contributed by atoms with Crippen LogP contribution < -0.4 is 5.32 Å². The minimum atomic E-state index is -0.0293. The number of hydrogen-bond acceptors (Lipinski definition) is 4. The molecule has 0 bridgehead atoms. The first-order valence-corrected chi connectivity index (χ1v) is 8.16. The topological polar surface area (TPSA) is 54.9 Å². The average molecular weight is 323 g/mol. The lowest BCUT2D eigenvalue weighted by molar-refractivity contribution is -0.115. The van der Waals surface area contributed by atoms with E-state index in [1.54, 1.807) is 23.7 Å². The third-order valence-electron chi connectivity index (χ3n) is 3.46. The summed E-state index contributed by atoms with van der Waals surface area (Å²) in [5.41, 5.74) is 3.86. The van der Waals surface area contributed by atoms with E-state index in [1.807, 2.05) is 50.2 Å². The Morgan fingerprint density at radius 1 is 1.17 bits per heavy atom. The van der Waals surface area contributed by atoms with Crippen molar-refractivity contribution in [1.29, 1.82) is 0 Å². The van der Waals surface area contributed by atoms with Gasteiger partial charge in [0.05, 0.1) is 12.1 Å². The van der Waals surface area contributed by atoms with Crippen molar-refractivity contribution in [2.75, 3.05) is 5.32 Å². The molecule has 3 rings (SSSR count). The van der Waals surface area contributed by atoms with E-state index in [0.717, 1.165) is 26.8 Å². The fraction of sp³-hybridized carbons (Fsp3) is 0.167. The molecule has 0 fully saturated rings. The molecule has 3 aromatic rings. The summed E-state index contributed by atoms with van der Waals surface area (Å²) in [5, 5.41) is 3.82. The maximum Gasteiger partial charge on any atom is 0.229 e. The van der Waals surface area contributed by atoms with Gasteiger partial charge in [-0.15, -0.1) is 11.3 Å². The number of nitrogens with one attached hydrogen (secondary N) is 1. The van der Waals surface area contributed by atoms with E-state index in [9.17, 15) is 4.79 Å². The molecule has 116 valence electrons. The van der Waals surface area contributed by atoms with Gasteiger partial charge in [0.1, 0.15) is 5.01 Å². The second-order valence-corrected chi connectivity index (χ2v) is 6.44. The van der Waals surface area contributed by atoms with Crippen LogP contribution >= 0.6 is 11.3 Å². The van der Waals surface area contributed by atoms with Gasteiger partial charge in [-0.25, -0.2) is 4.98 Å². The second kappa shape index (κ2) is 6.71. The zero-order chi connectivity index (χ0) is 16.2. The van der Waals surface area contributed by atoms with E-state index in [1.165, 1.54) is 5.56 Å². The highest BCUT2D eigenvalue weighted by Crippen LogP contribution is 2.27. The van der Waals surface area contributed by atoms with Crippen molar-refractivity contribution in [3.63, 3.8) is 0 Å². The van der Waals surface area contributed by atoms with Crippen molar-refractivity contribution in [2.45, 2.75) is 20.3 Å². The van der Waals surface area contributed by atoms with Crippen molar-refractivity contribution in [3.8, 4) is 10.6 Å². The number of nitrogens with zero attached hydrogens (tertiary/aromatic N) is 2. The fourth-order valence-electron chi connectivity index (χ4n) is 2.19. The number of amides is 1. The lowest BCUT2D eigenvalue weighted by Crippen LogP contribution is -2.14. The Labute approximate surface area is 139 Å². The maximum absolute atomic E-state index is 12.2. The lowest BCUT2D eigenvalue weighted by Gasteiger charge is -2.04. The Morgan fingerprint density at radius 2 is 1.96 bits per heavy atom. The molecular weight excluding hydrogens is 306 g/mol. The van der Waals surface area contributed by atoms with Gasteiger partial charge in [0.2, 0.25) is 5.91 Å². The zero-order valence-corrected chi connectivity index (χ0v) is 13.9. The molecule has 1 N–H and O–H groups in total. The third-order valence-corrected chi connectivity index (χ3v) is 4.66. The minimum Gasteiger partial charge on any atom is -0.326 e. The Balaban J connectivity index is 1.71. The first-order chi connectivity index (χ1) is 11.1. The van der Waals surface area contributed by atoms with Gasteiger partial charge in [-0.1, -0.05) is 17.7 Å². The summed E-state index contributed by atoms with van der Waals surface area (Å²) in [4.78, 5) is 21.9. The number of carbonyl (C=O) groups is 1. The highest BCUT2D eigenvalue weighted by atomic mass is 32.1. The van der Waals surface area contributed by atoms with Gasteiger partial charge < -0.3 is 5.32 Å². The van der Waals surface area contributed by atoms with Crippen LogP contribution in [-0.4, -0.2) is 15.9 Å². The Morgan fingerprint density at radius 3 is 2.65 bits per heavy atom. The number of pyridine rings is 1. The van der Waals surface area contributed by atoms with E-state index in [4.69, 9.17) is 0 Å². The number of hydrogen-bond donors (Lipinski definition) is 1. The third kappa shape index (κ3) is 3.81. The molecule has 0 aliphatic rings. The van der Waals surface area contributed by atoms with E-state index < -0.39 is 0 Å². The van der Waals surface area contributed by atoms with Crippen LogP contribution in [-0.2, 0) is 11.2 Å². The van der Waals surface area contributed by atoms with E-state index >= 15 is 0 Å². The highest BCUT2D eigenvalue weighted by Gasteiger charge is 2.13. The molecule has 0 atom stereocenters. The molecule has 0 spiro atoms. The molecule has 0 aliphatic carbocycles. The Hall–Kier alpha value is -2.53. The number of rotatable bonds is 4. The van der Waals surface area contributed by atoms with Crippen molar-refractivity contribution >= 4 is 22.9 Å². The number of anilines is 1. The second-order valence-electron chi connectivity index (χ2n) is 5.36. The quantitative estimate of drug-likeness (QED) is 0.789. The molecule has 2 aromatic heterocycles. The molecule has 0 saturated carbocycles. The van der Waals surface area contributed by atoms with Gasteiger partial charge >= 0.3 is 0 Å². The van der Waals surface area contributed by atoms with Crippen LogP contribution in [0.4, 0.5) is 5.69 Å². The van der Waals surface area contributed by atoms with Crippen LogP contribution in [0.1, 0.15) is 16.1 Å². The molecule has 0 aliphatic heterocycles. The largest absolute Gasteiger partial charge is 0.326 e. The van der Waals surface area contributed by atoms with Gasteiger partial charge in [-0.2, -0.15) is 0 Å². The first-order valence-electron chi connectivity index (χ1n) is 7.35. The summed E-state index contributed by atoms with van der Waals surface area (Å²) < 4.78 is 0. The molecule has 0 radical (unpaired) electrons. The van der Waals surface area contributed by atoms with Gasteiger partial charge in [0.15, 0.2) is 0 Å². The molecule has 0 saturated heterocycles. The molecular formula is C18H17N3OS. The zero-order valence-electron chi connectivity index (χ0n) is 13.0. The van der Waals surface area contributed by atoms with Crippen LogP contribution in [0.3, 0.4) is 0 Å². The molecule has 23 heavy (non-hydrogen) atoms. The monoisotopic (exact) mass is 323 g/mol. The van der Waals surface area contributed by atoms with Crippen molar-refractivity contribution in [3.05, 3.63) is 64.9 Å². The van der Waals surface area contributed by atoms with Crippen molar-refractivity contribution in [2.24, 2.45) is 0 Å². The smallest absolute Gasteiger partial charge is 0.229 e. The molecule has 2 heterocycles. The van der Waals surface area contributed by atoms with E-state index in [2.05, 4.69) is 15.3 Å². The Kier molecular flexibility index (Phi) is 4.48. The maximum atomic E-state index is 12.2. The summed E-state index contributed by atoms with van der Waals surface area (Å²) in [6.45, 7) is 3.96. The SMILES string of the molecule is Cc1ccc(NC(=O)Cc2sc(-c3cccnc3)nc2C)cc1. The van der Waals surface area contributed by atoms with E-state index in [-0.39, 0.29) is 5.91 Å². The molecule has 1 aromatic carbocycles. The predicted octanol–water partition coefficient (Wildman–Crippen LogP) is 4.00. The van der Waals surface area contributed by atoms with Crippen LogP contribution in [0.2, 0.25) is 0 Å². The number of aromatic nitrogens is 2. The first kappa shape index (κ1) is 15.4. The minimum absolute atomic E-state index is 0.0293.